The third kappa shape index (κ3) is 13.4. The first kappa shape index (κ1) is 42.8. The van der Waals surface area contributed by atoms with Gasteiger partial charge in [0, 0.05) is 24.5 Å². The summed E-state index contributed by atoms with van der Waals surface area (Å²) in [6.07, 6.45) is 6.17. The Hall–Kier alpha value is -3.59. The molecule has 0 saturated heterocycles. The van der Waals surface area contributed by atoms with Crippen molar-refractivity contribution in [2.45, 2.75) is 60.5 Å². The van der Waals surface area contributed by atoms with Crippen LogP contribution in [0.4, 0.5) is 0 Å². The normalized spacial score (nSPS) is 10.6. The number of para-hydroxylation sites is 2. The van der Waals surface area contributed by atoms with Crippen LogP contribution in [0.2, 0.25) is 15.7 Å². The number of benzene rings is 2. The van der Waals surface area contributed by atoms with Gasteiger partial charge in [0.05, 0.1) is 31.5 Å². The molecule has 4 heterocycles. The molecule has 52 heavy (non-hydrogen) atoms. The van der Waals surface area contributed by atoms with Crippen molar-refractivity contribution in [2.24, 2.45) is 0 Å². The minimum atomic E-state index is 0.109. The number of hydrogen-bond acceptors (Lipinski definition) is 11. The molecule has 11 nitrogen and oxygen atoms in total. The summed E-state index contributed by atoms with van der Waals surface area (Å²) in [5.74, 6) is 2.01. The lowest BCUT2D eigenvalue weighted by atomic mass is 10.2. The summed E-state index contributed by atoms with van der Waals surface area (Å²) in [4.78, 5) is 26.1. The number of rotatable bonds is 7. The fourth-order valence-electron chi connectivity index (χ4n) is 4.50. The molecule has 0 atom stereocenters. The molecule has 0 bridgehead atoms. The van der Waals surface area contributed by atoms with E-state index in [0.29, 0.717) is 55.2 Å². The number of halogens is 5. The molecule has 6 aromatic rings. The summed E-state index contributed by atoms with van der Waals surface area (Å²) in [7, 11) is 0. The predicted molar refractivity (Wildman–Crippen MR) is 212 cm³/mol. The van der Waals surface area contributed by atoms with Gasteiger partial charge in [0.15, 0.2) is 0 Å². The molecule has 6 rings (SSSR count). The van der Waals surface area contributed by atoms with Gasteiger partial charge in [-0.05, 0) is 127 Å². The number of aromatic hydroxyl groups is 1. The Kier molecular flexibility index (Phi) is 17.5. The van der Waals surface area contributed by atoms with Crippen molar-refractivity contribution < 1.29 is 18.7 Å². The first-order valence-corrected chi connectivity index (χ1v) is 18.6. The summed E-state index contributed by atoms with van der Waals surface area (Å²) < 4.78 is 17.6. The van der Waals surface area contributed by atoms with Crippen molar-refractivity contribution in [3.63, 3.8) is 0 Å². The second-order valence-electron chi connectivity index (χ2n) is 11.3. The van der Waals surface area contributed by atoms with Crippen LogP contribution in [0.5, 0.6) is 17.4 Å². The van der Waals surface area contributed by atoms with Crippen LogP contribution in [0.25, 0.3) is 22.9 Å². The van der Waals surface area contributed by atoms with E-state index in [1.807, 2.05) is 38.1 Å². The van der Waals surface area contributed by atoms with Crippen molar-refractivity contribution in [3.8, 4) is 40.3 Å². The minimum Gasteiger partial charge on any atom is -0.507 e. The maximum absolute atomic E-state index is 9.47. The van der Waals surface area contributed by atoms with E-state index in [4.69, 9.17) is 48.4 Å². The highest BCUT2D eigenvalue weighted by molar-refractivity contribution is 9.10. The highest BCUT2D eigenvalue weighted by Gasteiger charge is 2.15. The van der Waals surface area contributed by atoms with Gasteiger partial charge in [-0.3, -0.25) is 4.90 Å². The van der Waals surface area contributed by atoms with E-state index in [9.17, 15) is 5.11 Å². The second kappa shape index (κ2) is 21.2. The highest BCUT2D eigenvalue weighted by Crippen LogP contribution is 2.35. The Labute approximate surface area is 335 Å². The number of phenols is 1. The van der Waals surface area contributed by atoms with Gasteiger partial charge in [-0.15, -0.1) is 0 Å². The summed E-state index contributed by atoms with van der Waals surface area (Å²) in [6, 6.07) is 15.7. The molecule has 0 spiro atoms. The van der Waals surface area contributed by atoms with Gasteiger partial charge in [0.2, 0.25) is 28.2 Å². The highest BCUT2D eigenvalue weighted by atomic mass is 79.9. The largest absolute Gasteiger partial charge is 0.507 e. The molecule has 0 radical (unpaired) electrons. The van der Waals surface area contributed by atoms with E-state index in [1.54, 1.807) is 36.8 Å². The molecular formula is C36H38Br2Cl3N7O4. The third-order valence-corrected chi connectivity index (χ3v) is 8.75. The number of oxazole rings is 2. The number of hydrogen-bond donors (Lipinski definition) is 1. The summed E-state index contributed by atoms with van der Waals surface area (Å²) in [5.41, 5.74) is 2.95. The van der Waals surface area contributed by atoms with Gasteiger partial charge in [0.25, 0.3) is 0 Å². The smallest absolute Gasteiger partial charge is 0.238 e. The third-order valence-electron chi connectivity index (χ3n) is 6.74. The van der Waals surface area contributed by atoms with Gasteiger partial charge in [0.1, 0.15) is 29.2 Å². The molecule has 0 fully saturated rings. The molecule has 4 aromatic heterocycles. The van der Waals surface area contributed by atoms with Crippen molar-refractivity contribution >= 4 is 66.7 Å². The van der Waals surface area contributed by atoms with Crippen molar-refractivity contribution in [1.82, 2.24) is 34.8 Å². The maximum atomic E-state index is 9.47. The van der Waals surface area contributed by atoms with Crippen LogP contribution in [-0.4, -0.2) is 58.5 Å². The standard InChI is InChI=1S/C14H9BrClN3O2.C10H9NO2.C8H19N.C4HBrCl2N2/c1-8-7-20-12(18-8)9-4-2-3-5-11(9)21-13-10(15)6-17-14(16)19-13;1-7-6-13-10(11-7)8-4-2-3-5-9(8)12;1-6-9(7(2)3)8(4)5;5-2-1-8-4(7)9-3(2)6/h2-7H,1H3;2-6,12H,1H3;7-8H,6H2,1-5H3;1H. The summed E-state index contributed by atoms with van der Waals surface area (Å²) in [6.45, 7) is 16.0. The Morgan fingerprint density at radius 2 is 1.23 bits per heavy atom. The van der Waals surface area contributed by atoms with Crippen LogP contribution in [0.3, 0.4) is 0 Å². The van der Waals surface area contributed by atoms with Gasteiger partial charge in [-0.25, -0.2) is 24.9 Å². The number of nitrogens with zero attached hydrogens (tertiary/aromatic N) is 7. The van der Waals surface area contributed by atoms with Gasteiger partial charge < -0.3 is 18.7 Å². The van der Waals surface area contributed by atoms with Crippen LogP contribution < -0.4 is 4.74 Å². The molecule has 1 N–H and O–H groups in total. The van der Waals surface area contributed by atoms with Crippen LogP contribution >= 0.6 is 66.7 Å². The number of phenolic OH excluding ortho intramolecular Hbond substituents is 1. The monoisotopic (exact) mass is 895 g/mol. The van der Waals surface area contributed by atoms with Crippen LogP contribution in [-0.2, 0) is 0 Å². The molecule has 0 aliphatic heterocycles. The first-order valence-electron chi connectivity index (χ1n) is 15.9. The fraction of sp³-hybridized carbons (Fsp3) is 0.278. The van der Waals surface area contributed by atoms with Crippen LogP contribution in [0.15, 0.2) is 91.2 Å². The summed E-state index contributed by atoms with van der Waals surface area (Å²) in [5, 5.41) is 10.1. The van der Waals surface area contributed by atoms with Crippen molar-refractivity contribution in [1.29, 1.82) is 0 Å². The van der Waals surface area contributed by atoms with Gasteiger partial charge in [-0.2, -0.15) is 4.98 Å². The molecule has 0 amide bonds. The predicted octanol–water partition coefficient (Wildman–Crippen LogP) is 11.7. The average Bonchev–Trinajstić information content (AvgIpc) is 3.74. The number of aryl methyl sites for hydroxylation is 2. The second-order valence-corrected chi connectivity index (χ2v) is 14.0. The molecule has 0 aliphatic rings. The van der Waals surface area contributed by atoms with E-state index in [0.717, 1.165) is 23.5 Å². The van der Waals surface area contributed by atoms with E-state index in [1.165, 1.54) is 12.4 Å². The topological polar surface area (TPSA) is 136 Å². The fourth-order valence-corrected chi connectivity index (χ4v) is 5.40. The minimum absolute atomic E-state index is 0.109. The molecule has 16 heteroatoms. The Balaban J connectivity index is 0.000000202. The van der Waals surface area contributed by atoms with Crippen LogP contribution in [0.1, 0.15) is 46.0 Å². The number of aromatic nitrogens is 6. The van der Waals surface area contributed by atoms with E-state index in [2.05, 4.69) is 101 Å². The molecule has 0 aliphatic carbocycles. The van der Waals surface area contributed by atoms with E-state index >= 15 is 0 Å². The lowest BCUT2D eigenvalue weighted by molar-refractivity contribution is 0.185. The number of ether oxygens (including phenoxy) is 1. The SMILES string of the molecule is CCN(C(C)C)C(C)C.Cc1coc(-c2ccccc2O)n1.Cc1coc(-c2ccccc2Oc2nc(Cl)ncc2Br)n1.Clc1ncc(Br)c(Cl)n1. The quantitative estimate of drug-likeness (QED) is 0.121. The van der Waals surface area contributed by atoms with E-state index < -0.39 is 0 Å². The zero-order valence-corrected chi connectivity index (χ0v) is 34.9. The Morgan fingerprint density at radius 1 is 0.731 bits per heavy atom. The lowest BCUT2D eigenvalue weighted by Gasteiger charge is -2.28. The summed E-state index contributed by atoms with van der Waals surface area (Å²) >= 11 is 23.1. The Bertz CT molecular complexity index is 2000. The molecule has 276 valence electrons. The van der Waals surface area contributed by atoms with Crippen molar-refractivity contribution in [3.05, 3.63) is 110 Å². The van der Waals surface area contributed by atoms with Crippen LogP contribution in [0, 0.1) is 13.8 Å². The maximum Gasteiger partial charge on any atom is 0.238 e. The molecule has 0 unspecified atom stereocenters. The molecule has 2 aromatic carbocycles. The van der Waals surface area contributed by atoms with Gasteiger partial charge in [-0.1, -0.05) is 42.8 Å². The zero-order chi connectivity index (χ0) is 38.4. The molecule has 0 saturated carbocycles. The lowest BCUT2D eigenvalue weighted by Crippen LogP contribution is -2.36. The average molecular weight is 899 g/mol. The van der Waals surface area contributed by atoms with Crippen molar-refractivity contribution in [2.75, 3.05) is 6.54 Å². The Morgan fingerprint density at radius 3 is 1.69 bits per heavy atom. The van der Waals surface area contributed by atoms with E-state index in [-0.39, 0.29) is 16.3 Å². The van der Waals surface area contributed by atoms with Gasteiger partial charge >= 0.3 is 0 Å². The zero-order valence-electron chi connectivity index (χ0n) is 29.5. The molecular weight excluding hydrogens is 861 g/mol. The first-order chi connectivity index (χ1) is 24.7.